The number of aromatic nitrogens is 2. The highest BCUT2D eigenvalue weighted by molar-refractivity contribution is 5.80. The summed E-state index contributed by atoms with van der Waals surface area (Å²) in [5, 5.41) is 9.97. The summed E-state index contributed by atoms with van der Waals surface area (Å²) in [5.74, 6) is 0. The number of benzene rings is 1. The Labute approximate surface area is 81.2 Å². The minimum atomic E-state index is -0.112. The van der Waals surface area contributed by atoms with Gasteiger partial charge in [-0.15, -0.1) is 0 Å². The predicted molar refractivity (Wildman–Crippen MR) is 52.0 cm³/mol. The highest BCUT2D eigenvalue weighted by Gasteiger charge is 2.05. The molecule has 0 radical (unpaired) electrons. The van der Waals surface area contributed by atoms with Gasteiger partial charge in [0, 0.05) is 5.39 Å². The van der Waals surface area contributed by atoms with Crippen molar-refractivity contribution in [2.75, 3.05) is 7.11 Å². The van der Waals surface area contributed by atoms with Gasteiger partial charge in [0.15, 0.2) is 0 Å². The van der Waals surface area contributed by atoms with Crippen LogP contribution in [0.5, 0.6) is 6.01 Å². The van der Waals surface area contributed by atoms with Gasteiger partial charge in [0.2, 0.25) is 0 Å². The molecule has 0 saturated carbocycles. The van der Waals surface area contributed by atoms with E-state index in [4.69, 9.17) is 9.84 Å². The number of aliphatic hydroxyl groups is 1. The van der Waals surface area contributed by atoms with E-state index in [2.05, 4.69) is 9.97 Å². The fourth-order valence-corrected chi connectivity index (χ4v) is 1.33. The smallest absolute Gasteiger partial charge is 0.316 e. The lowest BCUT2D eigenvalue weighted by Gasteiger charge is -2.04. The van der Waals surface area contributed by atoms with Gasteiger partial charge < -0.3 is 9.84 Å². The molecule has 4 nitrogen and oxygen atoms in total. The molecule has 0 spiro atoms. The SMILES string of the molecule is COc1nc(CO)c2ccccc2n1. The molecule has 0 bridgehead atoms. The van der Waals surface area contributed by atoms with Crippen molar-refractivity contribution in [1.29, 1.82) is 0 Å². The number of rotatable bonds is 2. The van der Waals surface area contributed by atoms with Gasteiger partial charge in [0.25, 0.3) is 0 Å². The molecule has 0 saturated heterocycles. The zero-order valence-corrected chi connectivity index (χ0v) is 7.77. The number of fused-ring (bicyclic) bond motifs is 1. The van der Waals surface area contributed by atoms with E-state index in [9.17, 15) is 0 Å². The first-order valence-corrected chi connectivity index (χ1v) is 4.25. The van der Waals surface area contributed by atoms with Gasteiger partial charge in [-0.25, -0.2) is 0 Å². The Morgan fingerprint density at radius 2 is 2.07 bits per heavy atom. The van der Waals surface area contributed by atoms with Crippen molar-refractivity contribution in [3.8, 4) is 6.01 Å². The lowest BCUT2D eigenvalue weighted by atomic mass is 10.2. The van der Waals surface area contributed by atoms with Crippen LogP contribution in [0.4, 0.5) is 0 Å². The fraction of sp³-hybridized carbons (Fsp3) is 0.200. The average molecular weight is 190 g/mol. The molecule has 1 aromatic heterocycles. The largest absolute Gasteiger partial charge is 0.467 e. The quantitative estimate of drug-likeness (QED) is 0.771. The summed E-state index contributed by atoms with van der Waals surface area (Å²) in [7, 11) is 1.51. The van der Waals surface area contributed by atoms with Crippen LogP contribution in [0.1, 0.15) is 5.69 Å². The Bertz CT molecular complexity index is 457. The standard InChI is InChI=1S/C10H10N2O2/c1-14-10-11-8-5-3-2-4-7(8)9(6-13)12-10/h2-5,13H,6H2,1H3. The van der Waals surface area contributed by atoms with E-state index < -0.39 is 0 Å². The maximum Gasteiger partial charge on any atom is 0.316 e. The Hall–Kier alpha value is -1.68. The fourth-order valence-electron chi connectivity index (χ4n) is 1.33. The van der Waals surface area contributed by atoms with Crippen LogP contribution in [-0.4, -0.2) is 22.2 Å². The van der Waals surface area contributed by atoms with Gasteiger partial charge in [0.05, 0.1) is 24.9 Å². The Morgan fingerprint density at radius 1 is 1.29 bits per heavy atom. The molecule has 0 aliphatic rings. The molecule has 0 aliphatic heterocycles. The monoisotopic (exact) mass is 190 g/mol. The molecule has 14 heavy (non-hydrogen) atoms. The van der Waals surface area contributed by atoms with Crippen LogP contribution >= 0.6 is 0 Å². The number of hydrogen-bond donors (Lipinski definition) is 1. The summed E-state index contributed by atoms with van der Waals surface area (Å²) in [6.45, 7) is -0.112. The molecular formula is C10H10N2O2. The minimum absolute atomic E-state index is 0.112. The van der Waals surface area contributed by atoms with Crippen molar-refractivity contribution in [3.05, 3.63) is 30.0 Å². The van der Waals surface area contributed by atoms with Crippen molar-refractivity contribution in [3.63, 3.8) is 0 Å². The first-order chi connectivity index (χ1) is 6.85. The summed E-state index contributed by atoms with van der Waals surface area (Å²) in [4.78, 5) is 8.21. The van der Waals surface area contributed by atoms with E-state index in [0.29, 0.717) is 5.69 Å². The van der Waals surface area contributed by atoms with E-state index in [1.807, 2.05) is 24.3 Å². The van der Waals surface area contributed by atoms with Gasteiger partial charge in [-0.2, -0.15) is 9.97 Å². The number of aliphatic hydroxyl groups excluding tert-OH is 1. The maximum absolute atomic E-state index is 9.11. The van der Waals surface area contributed by atoms with Gasteiger partial charge in [-0.1, -0.05) is 18.2 Å². The molecule has 0 amide bonds. The molecule has 72 valence electrons. The molecule has 1 heterocycles. The van der Waals surface area contributed by atoms with Crippen molar-refractivity contribution in [2.45, 2.75) is 6.61 Å². The van der Waals surface area contributed by atoms with Crippen molar-refractivity contribution < 1.29 is 9.84 Å². The normalized spacial score (nSPS) is 10.4. The van der Waals surface area contributed by atoms with E-state index in [0.717, 1.165) is 10.9 Å². The van der Waals surface area contributed by atoms with Crippen molar-refractivity contribution in [2.24, 2.45) is 0 Å². The number of hydrogen-bond acceptors (Lipinski definition) is 4. The molecule has 2 rings (SSSR count). The van der Waals surface area contributed by atoms with Crippen LogP contribution < -0.4 is 4.74 Å². The molecule has 0 aliphatic carbocycles. The van der Waals surface area contributed by atoms with Gasteiger partial charge >= 0.3 is 6.01 Å². The van der Waals surface area contributed by atoms with E-state index >= 15 is 0 Å². The highest BCUT2D eigenvalue weighted by atomic mass is 16.5. The molecule has 1 N–H and O–H groups in total. The zero-order chi connectivity index (χ0) is 9.97. The van der Waals surface area contributed by atoms with Crippen molar-refractivity contribution >= 4 is 10.9 Å². The third-order valence-electron chi connectivity index (χ3n) is 1.99. The molecule has 2 aromatic rings. The summed E-state index contributed by atoms with van der Waals surface area (Å²) < 4.78 is 4.93. The van der Waals surface area contributed by atoms with Gasteiger partial charge in [-0.05, 0) is 6.07 Å². The van der Waals surface area contributed by atoms with Crippen LogP contribution in [-0.2, 0) is 6.61 Å². The maximum atomic E-state index is 9.11. The molecule has 0 unspecified atom stereocenters. The van der Waals surface area contributed by atoms with Crippen LogP contribution in [0.3, 0.4) is 0 Å². The Kier molecular flexibility index (Phi) is 2.28. The van der Waals surface area contributed by atoms with Crippen molar-refractivity contribution in [1.82, 2.24) is 9.97 Å². The van der Waals surface area contributed by atoms with Crippen LogP contribution in [0.25, 0.3) is 10.9 Å². The average Bonchev–Trinajstić information content (AvgIpc) is 2.27. The summed E-state index contributed by atoms with van der Waals surface area (Å²) in [6.07, 6.45) is 0. The van der Waals surface area contributed by atoms with Crippen LogP contribution in [0, 0.1) is 0 Å². The second kappa shape index (κ2) is 3.59. The number of ether oxygens (including phenoxy) is 1. The van der Waals surface area contributed by atoms with E-state index in [1.54, 1.807) is 0 Å². The molecule has 0 atom stereocenters. The summed E-state index contributed by atoms with van der Waals surface area (Å²) in [6, 6.07) is 7.79. The second-order valence-corrected chi connectivity index (χ2v) is 2.83. The minimum Gasteiger partial charge on any atom is -0.467 e. The van der Waals surface area contributed by atoms with Crippen LogP contribution in [0.2, 0.25) is 0 Å². The van der Waals surface area contributed by atoms with Gasteiger partial charge in [0.1, 0.15) is 0 Å². The molecule has 0 fully saturated rings. The lowest BCUT2D eigenvalue weighted by molar-refractivity contribution is 0.275. The Morgan fingerprint density at radius 3 is 2.79 bits per heavy atom. The topological polar surface area (TPSA) is 55.2 Å². The second-order valence-electron chi connectivity index (χ2n) is 2.83. The first kappa shape index (κ1) is 8.90. The molecule has 1 aromatic carbocycles. The highest BCUT2D eigenvalue weighted by Crippen LogP contribution is 2.17. The lowest BCUT2D eigenvalue weighted by Crippen LogP contribution is -1.98. The Balaban J connectivity index is 2.73. The van der Waals surface area contributed by atoms with Gasteiger partial charge in [-0.3, -0.25) is 0 Å². The third-order valence-corrected chi connectivity index (χ3v) is 1.99. The summed E-state index contributed by atoms with van der Waals surface area (Å²) in [5.41, 5.74) is 1.37. The van der Waals surface area contributed by atoms with E-state index in [1.165, 1.54) is 7.11 Å². The summed E-state index contributed by atoms with van der Waals surface area (Å²) >= 11 is 0. The van der Waals surface area contributed by atoms with Crippen LogP contribution in [0.15, 0.2) is 24.3 Å². The molecular weight excluding hydrogens is 180 g/mol. The number of methoxy groups -OCH3 is 1. The number of nitrogens with zero attached hydrogens (tertiary/aromatic N) is 2. The predicted octanol–water partition coefficient (Wildman–Crippen LogP) is 1.13. The first-order valence-electron chi connectivity index (χ1n) is 4.25. The zero-order valence-electron chi connectivity index (χ0n) is 7.77. The number of para-hydroxylation sites is 1. The third kappa shape index (κ3) is 1.40. The van der Waals surface area contributed by atoms with E-state index in [-0.39, 0.29) is 12.6 Å². The molecule has 4 heteroatoms.